The third-order valence-electron chi connectivity index (χ3n) is 5.72. The standard InChI is InChI=1S/C21H17F2N9O3/c1-30-9-11(8-26-30)18-27-28-19(35-18)20(33)31-6-4-12-16(25-10-24-12)17(31)13-7-14-15(34-21(22)23)3-2-5-32(14)29-13/h2-3,5,7-10,17,21H,4,6H2,1H3,(H,24,25)/t17-/m1/s1. The highest BCUT2D eigenvalue weighted by Gasteiger charge is 2.38. The number of pyridine rings is 1. The van der Waals surface area contributed by atoms with E-state index in [0.717, 1.165) is 5.69 Å². The number of halogens is 2. The van der Waals surface area contributed by atoms with E-state index in [1.165, 1.54) is 15.5 Å². The maximum absolute atomic E-state index is 13.5. The molecular weight excluding hydrogens is 464 g/mol. The van der Waals surface area contributed by atoms with Crippen molar-refractivity contribution in [2.45, 2.75) is 19.1 Å². The van der Waals surface area contributed by atoms with Crippen LogP contribution < -0.4 is 4.74 Å². The van der Waals surface area contributed by atoms with Crippen molar-refractivity contribution in [1.82, 2.24) is 44.5 Å². The minimum Gasteiger partial charge on any atom is -0.433 e. The van der Waals surface area contributed by atoms with Crippen LogP contribution in [-0.2, 0) is 13.5 Å². The number of aromatic amines is 1. The van der Waals surface area contributed by atoms with Crippen molar-refractivity contribution in [2.75, 3.05) is 6.54 Å². The second-order valence-corrected chi connectivity index (χ2v) is 7.88. The number of aromatic nitrogens is 8. The Balaban J connectivity index is 1.40. The van der Waals surface area contributed by atoms with Crippen LogP contribution in [-0.4, -0.2) is 63.5 Å². The molecule has 5 aromatic rings. The number of amides is 1. The molecule has 0 aromatic carbocycles. The fraction of sp³-hybridized carbons (Fsp3) is 0.238. The summed E-state index contributed by atoms with van der Waals surface area (Å²) in [4.78, 5) is 22.5. The van der Waals surface area contributed by atoms with Crippen LogP contribution >= 0.6 is 0 Å². The number of hydrogen-bond acceptors (Lipinski definition) is 8. The quantitative estimate of drug-likeness (QED) is 0.404. The van der Waals surface area contributed by atoms with E-state index in [4.69, 9.17) is 4.42 Å². The first-order chi connectivity index (χ1) is 17.0. The summed E-state index contributed by atoms with van der Waals surface area (Å²) in [6, 6.07) is 3.85. The Morgan fingerprint density at radius 1 is 1.34 bits per heavy atom. The van der Waals surface area contributed by atoms with Crippen molar-refractivity contribution in [3.63, 3.8) is 0 Å². The highest BCUT2D eigenvalue weighted by atomic mass is 19.3. The predicted molar refractivity (Wildman–Crippen MR) is 113 cm³/mol. The topological polar surface area (TPSA) is 132 Å². The molecule has 0 bridgehead atoms. The maximum atomic E-state index is 13.5. The van der Waals surface area contributed by atoms with Crippen LogP contribution in [0.5, 0.6) is 5.75 Å². The van der Waals surface area contributed by atoms with E-state index in [1.54, 1.807) is 48.8 Å². The molecule has 35 heavy (non-hydrogen) atoms. The Morgan fingerprint density at radius 3 is 3.03 bits per heavy atom. The van der Waals surface area contributed by atoms with Crippen LogP contribution in [0.3, 0.4) is 0 Å². The molecule has 12 nitrogen and oxygen atoms in total. The summed E-state index contributed by atoms with van der Waals surface area (Å²) < 4.78 is 39.1. The molecule has 5 aromatic heterocycles. The summed E-state index contributed by atoms with van der Waals surface area (Å²) in [5.41, 5.74) is 2.77. The van der Waals surface area contributed by atoms with E-state index in [1.807, 2.05) is 0 Å². The second-order valence-electron chi connectivity index (χ2n) is 7.88. The number of carbonyl (C=O) groups is 1. The number of imidazole rings is 1. The van der Waals surface area contributed by atoms with Gasteiger partial charge in [0.05, 0.1) is 29.5 Å². The van der Waals surface area contributed by atoms with Gasteiger partial charge in [0.15, 0.2) is 5.75 Å². The fourth-order valence-electron chi connectivity index (χ4n) is 4.21. The van der Waals surface area contributed by atoms with E-state index in [-0.39, 0.29) is 17.5 Å². The number of alkyl halides is 2. The summed E-state index contributed by atoms with van der Waals surface area (Å²) in [5.74, 6) is -0.571. The predicted octanol–water partition coefficient (Wildman–Crippen LogP) is 2.23. The smallest absolute Gasteiger partial charge is 0.387 e. The molecule has 0 radical (unpaired) electrons. The minimum absolute atomic E-state index is 0.0322. The molecule has 6 heterocycles. The van der Waals surface area contributed by atoms with Gasteiger partial charge in [-0.3, -0.25) is 9.48 Å². The molecule has 0 aliphatic carbocycles. The largest absolute Gasteiger partial charge is 0.433 e. The molecule has 0 unspecified atom stereocenters. The van der Waals surface area contributed by atoms with Gasteiger partial charge in [-0.2, -0.15) is 19.0 Å². The zero-order valence-corrected chi connectivity index (χ0v) is 18.2. The van der Waals surface area contributed by atoms with Gasteiger partial charge in [-0.05, 0) is 18.2 Å². The Labute approximate surface area is 195 Å². The van der Waals surface area contributed by atoms with Gasteiger partial charge >= 0.3 is 18.4 Å². The van der Waals surface area contributed by atoms with Gasteiger partial charge in [-0.25, -0.2) is 9.50 Å². The van der Waals surface area contributed by atoms with Gasteiger partial charge in [0.2, 0.25) is 0 Å². The number of rotatable bonds is 5. The minimum atomic E-state index is -2.99. The third-order valence-corrected chi connectivity index (χ3v) is 5.72. The first-order valence-corrected chi connectivity index (χ1v) is 10.6. The first kappa shape index (κ1) is 20.9. The molecule has 0 saturated heterocycles. The van der Waals surface area contributed by atoms with Crippen LogP contribution in [0.15, 0.2) is 47.5 Å². The van der Waals surface area contributed by atoms with E-state index in [0.29, 0.717) is 35.4 Å². The lowest BCUT2D eigenvalue weighted by Crippen LogP contribution is -2.41. The van der Waals surface area contributed by atoms with Gasteiger partial charge in [0, 0.05) is 38.1 Å². The number of fused-ring (bicyclic) bond motifs is 2. The molecule has 1 atom stereocenters. The van der Waals surface area contributed by atoms with Crippen LogP contribution in [0, 0.1) is 0 Å². The normalized spacial score (nSPS) is 15.7. The third kappa shape index (κ3) is 3.59. The Hall–Kier alpha value is -4.62. The van der Waals surface area contributed by atoms with E-state index in [9.17, 15) is 13.6 Å². The van der Waals surface area contributed by atoms with Crippen molar-refractivity contribution < 1.29 is 22.7 Å². The Bertz CT molecular complexity index is 1540. The van der Waals surface area contributed by atoms with Gasteiger partial charge in [-0.15, -0.1) is 10.2 Å². The van der Waals surface area contributed by atoms with Crippen LogP contribution in [0.25, 0.3) is 17.0 Å². The summed E-state index contributed by atoms with van der Waals surface area (Å²) >= 11 is 0. The summed E-state index contributed by atoms with van der Waals surface area (Å²) in [6.45, 7) is -2.67. The van der Waals surface area contributed by atoms with E-state index < -0.39 is 18.6 Å². The average molecular weight is 481 g/mol. The highest BCUT2D eigenvalue weighted by Crippen LogP contribution is 2.35. The lowest BCUT2D eigenvalue weighted by atomic mass is 9.99. The summed E-state index contributed by atoms with van der Waals surface area (Å²) in [7, 11) is 1.75. The Kier molecular flexibility index (Phi) is 4.79. The maximum Gasteiger partial charge on any atom is 0.387 e. The lowest BCUT2D eigenvalue weighted by molar-refractivity contribution is -0.0490. The van der Waals surface area contributed by atoms with E-state index >= 15 is 0 Å². The van der Waals surface area contributed by atoms with Crippen LogP contribution in [0.4, 0.5) is 8.78 Å². The molecule has 0 spiro atoms. The number of carbonyl (C=O) groups excluding carboxylic acids is 1. The van der Waals surface area contributed by atoms with Crippen molar-refractivity contribution in [2.24, 2.45) is 7.05 Å². The van der Waals surface area contributed by atoms with Crippen molar-refractivity contribution in [1.29, 1.82) is 0 Å². The molecule has 6 rings (SSSR count). The molecule has 1 N–H and O–H groups in total. The SMILES string of the molecule is Cn1cc(-c2nnc(C(=O)N3CCc4[nH]cnc4[C@H]3c3cc4c(OC(F)F)cccn4n3)o2)cn1. The van der Waals surface area contributed by atoms with E-state index in [2.05, 4.69) is 35.1 Å². The molecule has 0 fully saturated rings. The second kappa shape index (κ2) is 8.00. The first-order valence-electron chi connectivity index (χ1n) is 10.6. The Morgan fingerprint density at radius 2 is 2.23 bits per heavy atom. The summed E-state index contributed by atoms with van der Waals surface area (Å²) in [5, 5.41) is 16.5. The van der Waals surface area contributed by atoms with Crippen molar-refractivity contribution >= 4 is 11.4 Å². The molecule has 1 aliphatic rings. The van der Waals surface area contributed by atoms with Gasteiger partial charge in [0.25, 0.3) is 5.89 Å². The average Bonchev–Trinajstić information content (AvgIpc) is 3.63. The molecular formula is C21H17F2N9O3. The number of H-pyrrole nitrogens is 1. The van der Waals surface area contributed by atoms with Crippen molar-refractivity contribution in [3.8, 4) is 17.2 Å². The molecule has 1 aliphatic heterocycles. The highest BCUT2D eigenvalue weighted by molar-refractivity contribution is 5.90. The van der Waals surface area contributed by atoms with Gasteiger partial charge in [0.1, 0.15) is 11.6 Å². The number of aryl methyl sites for hydroxylation is 1. The number of hydrogen-bond donors (Lipinski definition) is 1. The molecule has 1 amide bonds. The number of ether oxygens (including phenoxy) is 1. The molecule has 178 valence electrons. The van der Waals surface area contributed by atoms with Gasteiger partial charge in [-0.1, -0.05) is 0 Å². The number of nitrogens with one attached hydrogen (secondary N) is 1. The monoisotopic (exact) mass is 481 g/mol. The van der Waals surface area contributed by atoms with Crippen LogP contribution in [0.1, 0.15) is 33.8 Å². The summed E-state index contributed by atoms with van der Waals surface area (Å²) in [6.07, 6.45) is 6.92. The zero-order chi connectivity index (χ0) is 24.1. The molecule has 14 heteroatoms. The molecule has 0 saturated carbocycles. The number of nitrogens with zero attached hydrogens (tertiary/aromatic N) is 8. The lowest BCUT2D eigenvalue weighted by Gasteiger charge is -2.32. The van der Waals surface area contributed by atoms with Gasteiger partial charge < -0.3 is 19.0 Å². The zero-order valence-electron chi connectivity index (χ0n) is 18.2. The van der Waals surface area contributed by atoms with Crippen LogP contribution in [0.2, 0.25) is 0 Å². The fourth-order valence-corrected chi connectivity index (χ4v) is 4.21. The van der Waals surface area contributed by atoms with Crippen molar-refractivity contribution in [3.05, 3.63) is 66.1 Å².